The van der Waals surface area contributed by atoms with E-state index < -0.39 is 0 Å². The SMILES string of the molecule is C=C(\C=C/C(=C\C)C(/N)=C/N(N)c1cc(C(=O)Nc2cc(C(C)(C)C)cc(NSC)c2OC)ccc1C)CC.CCCN(C)C. The van der Waals surface area contributed by atoms with Crippen LogP contribution in [0.1, 0.15) is 75.9 Å². The van der Waals surface area contributed by atoms with Gasteiger partial charge in [0.1, 0.15) is 0 Å². The van der Waals surface area contributed by atoms with Crippen LogP contribution in [0.25, 0.3) is 0 Å². The number of hydrogen-bond acceptors (Lipinski definition) is 8. The molecule has 0 saturated carbocycles. The van der Waals surface area contributed by atoms with E-state index in [-0.39, 0.29) is 11.3 Å². The van der Waals surface area contributed by atoms with E-state index in [2.05, 4.69) is 63.3 Å². The Hall–Kier alpha value is -3.66. The van der Waals surface area contributed by atoms with Crippen LogP contribution < -0.4 is 31.4 Å². The summed E-state index contributed by atoms with van der Waals surface area (Å²) in [5.74, 6) is 6.69. The van der Waals surface area contributed by atoms with E-state index in [0.29, 0.717) is 28.4 Å². The lowest BCUT2D eigenvalue weighted by molar-refractivity contribution is 0.102. The quantitative estimate of drug-likeness (QED) is 0.0755. The molecule has 2 aromatic rings. The maximum atomic E-state index is 13.4. The Kier molecular flexibility index (Phi) is 16.6. The number of benzene rings is 2. The van der Waals surface area contributed by atoms with Crippen LogP contribution in [0, 0.1) is 6.92 Å². The van der Waals surface area contributed by atoms with Gasteiger partial charge in [-0.2, -0.15) is 0 Å². The minimum absolute atomic E-state index is 0.130. The van der Waals surface area contributed by atoms with Crippen LogP contribution in [-0.2, 0) is 5.41 Å². The number of anilines is 3. The van der Waals surface area contributed by atoms with Crippen molar-refractivity contribution >= 4 is 34.9 Å². The molecular weight excluding hydrogens is 581 g/mol. The number of rotatable bonds is 13. The zero-order valence-electron chi connectivity index (χ0n) is 29.3. The number of nitrogens with one attached hydrogen (secondary N) is 2. The number of ether oxygens (including phenoxy) is 1. The van der Waals surface area contributed by atoms with E-state index >= 15 is 0 Å². The number of nitrogens with two attached hydrogens (primary N) is 2. The Labute approximate surface area is 276 Å². The summed E-state index contributed by atoms with van der Waals surface area (Å²) in [6, 6.07) is 9.38. The molecule has 0 bridgehead atoms. The lowest BCUT2D eigenvalue weighted by atomic mass is 9.86. The molecule has 0 saturated heterocycles. The van der Waals surface area contributed by atoms with Gasteiger partial charge in [0.25, 0.3) is 5.91 Å². The molecule has 45 heavy (non-hydrogen) atoms. The fourth-order valence-corrected chi connectivity index (χ4v) is 4.58. The van der Waals surface area contributed by atoms with E-state index in [1.165, 1.54) is 29.9 Å². The Balaban J connectivity index is 0.00000153. The molecule has 0 aliphatic rings. The number of carbonyl (C=O) groups is 1. The summed E-state index contributed by atoms with van der Waals surface area (Å²) >= 11 is 1.46. The largest absolute Gasteiger partial charge is 0.492 e. The number of nitrogens with zero attached hydrogens (tertiary/aromatic N) is 2. The first-order valence-corrected chi connectivity index (χ1v) is 16.5. The van der Waals surface area contributed by atoms with Gasteiger partial charge >= 0.3 is 0 Å². The third kappa shape index (κ3) is 12.7. The Morgan fingerprint density at radius 2 is 1.76 bits per heavy atom. The van der Waals surface area contributed by atoms with Crippen LogP contribution in [-0.4, -0.2) is 44.8 Å². The summed E-state index contributed by atoms with van der Waals surface area (Å²) < 4.78 is 8.94. The molecule has 0 radical (unpaired) electrons. The second-order valence-corrected chi connectivity index (χ2v) is 12.6. The number of hydrazine groups is 1. The first-order valence-electron chi connectivity index (χ1n) is 15.2. The summed E-state index contributed by atoms with van der Waals surface area (Å²) in [7, 11) is 5.76. The van der Waals surface area contributed by atoms with Crippen molar-refractivity contribution in [1.29, 1.82) is 0 Å². The molecule has 248 valence electrons. The molecule has 8 nitrogen and oxygen atoms in total. The van der Waals surface area contributed by atoms with Crippen molar-refractivity contribution in [1.82, 2.24) is 4.90 Å². The monoisotopic (exact) mass is 636 g/mol. The molecule has 0 fully saturated rings. The molecule has 9 heteroatoms. The van der Waals surface area contributed by atoms with E-state index in [1.54, 1.807) is 25.4 Å². The third-order valence-corrected chi connectivity index (χ3v) is 7.34. The summed E-state index contributed by atoms with van der Waals surface area (Å²) in [5.41, 5.74) is 13.0. The number of aryl methyl sites for hydroxylation is 1. The summed E-state index contributed by atoms with van der Waals surface area (Å²) in [4.78, 5) is 15.6. The van der Waals surface area contributed by atoms with Gasteiger partial charge in [0.2, 0.25) is 0 Å². The highest BCUT2D eigenvalue weighted by Gasteiger charge is 2.21. The Bertz CT molecular complexity index is 1370. The first kappa shape index (κ1) is 39.4. The highest BCUT2D eigenvalue weighted by Crippen LogP contribution is 2.39. The highest BCUT2D eigenvalue weighted by molar-refractivity contribution is 7.99. The normalized spacial score (nSPS) is 12.1. The highest BCUT2D eigenvalue weighted by atomic mass is 32.2. The first-order chi connectivity index (χ1) is 21.1. The molecule has 0 heterocycles. The van der Waals surface area contributed by atoms with Crippen molar-refractivity contribution < 1.29 is 9.53 Å². The molecule has 0 spiro atoms. The van der Waals surface area contributed by atoms with E-state index in [0.717, 1.165) is 34.4 Å². The topological polar surface area (TPSA) is 109 Å². The minimum atomic E-state index is -0.281. The van der Waals surface area contributed by atoms with Gasteiger partial charge in [0.05, 0.1) is 29.9 Å². The molecule has 6 N–H and O–H groups in total. The maximum absolute atomic E-state index is 13.4. The second-order valence-electron chi connectivity index (χ2n) is 12.0. The average molecular weight is 637 g/mol. The number of methoxy groups -OCH3 is 1. The number of hydrogen-bond donors (Lipinski definition) is 4. The lowest BCUT2D eigenvalue weighted by Gasteiger charge is -2.24. The van der Waals surface area contributed by atoms with Crippen molar-refractivity contribution in [2.75, 3.05) is 49.1 Å². The van der Waals surface area contributed by atoms with Gasteiger partial charge in [-0.15, -0.1) is 0 Å². The van der Waals surface area contributed by atoms with Crippen molar-refractivity contribution in [3.8, 4) is 5.75 Å². The summed E-state index contributed by atoms with van der Waals surface area (Å²) in [6.45, 7) is 19.6. The van der Waals surface area contributed by atoms with Gasteiger partial charge in [0.15, 0.2) is 5.75 Å². The lowest BCUT2D eigenvalue weighted by Crippen LogP contribution is -2.27. The molecule has 0 unspecified atom stereocenters. The number of amides is 1. The van der Waals surface area contributed by atoms with Gasteiger partial charge in [-0.05, 0) is 93.7 Å². The minimum Gasteiger partial charge on any atom is -0.492 e. The van der Waals surface area contributed by atoms with E-state index in [9.17, 15) is 4.79 Å². The van der Waals surface area contributed by atoms with Crippen molar-refractivity contribution in [2.24, 2.45) is 11.6 Å². The predicted molar refractivity (Wildman–Crippen MR) is 198 cm³/mol. The summed E-state index contributed by atoms with van der Waals surface area (Å²) in [6.07, 6.45) is 11.5. The smallest absolute Gasteiger partial charge is 0.255 e. The van der Waals surface area contributed by atoms with Crippen LogP contribution in [0.3, 0.4) is 0 Å². The average Bonchev–Trinajstić information content (AvgIpc) is 2.97. The van der Waals surface area contributed by atoms with Gasteiger partial charge in [-0.3, -0.25) is 9.80 Å². The second kappa shape index (κ2) is 19.0. The molecule has 2 aromatic carbocycles. The molecule has 0 atom stereocenters. The standard InChI is InChI=1S/C31H43N5O2S.C5H13N/c1-10-20(3)12-14-22(11-2)25(32)19-36(33)28-16-23(15-13-21(28)4)30(37)34-26-17-24(31(5,6)7)18-27(35-39-9)29(26)38-8;1-4-5-6(2)3/h11-19,35H,3,10,32-33H2,1-2,4-9H3,(H,34,37);4-5H2,1-3H3/b14-12-,22-11+,25-19-;. The van der Waals surface area contributed by atoms with Crippen LogP contribution in [0.15, 0.2) is 78.2 Å². The predicted octanol–water partition coefficient (Wildman–Crippen LogP) is 8.15. The van der Waals surface area contributed by atoms with Crippen LogP contribution in [0.2, 0.25) is 0 Å². The van der Waals surface area contributed by atoms with Crippen LogP contribution in [0.5, 0.6) is 5.75 Å². The van der Waals surface area contributed by atoms with Gasteiger partial charge in [-0.1, -0.05) is 83.0 Å². The third-order valence-electron chi connectivity index (χ3n) is 6.91. The fraction of sp³-hybridized carbons (Fsp3) is 0.417. The van der Waals surface area contributed by atoms with Crippen LogP contribution >= 0.6 is 11.9 Å². The van der Waals surface area contributed by atoms with Crippen molar-refractivity contribution in [3.63, 3.8) is 0 Å². The molecule has 1 amide bonds. The van der Waals surface area contributed by atoms with E-state index in [4.69, 9.17) is 16.3 Å². The maximum Gasteiger partial charge on any atom is 0.255 e. The molecule has 0 aliphatic heterocycles. The zero-order valence-corrected chi connectivity index (χ0v) is 30.1. The van der Waals surface area contributed by atoms with Gasteiger partial charge in [0, 0.05) is 18.0 Å². The zero-order chi connectivity index (χ0) is 34.3. The number of allylic oxidation sites excluding steroid dienone is 4. The fourth-order valence-electron chi connectivity index (χ4n) is 4.21. The van der Waals surface area contributed by atoms with Gasteiger partial charge in [-0.25, -0.2) is 5.84 Å². The molecule has 0 aliphatic carbocycles. The molecule has 2 rings (SSSR count). The van der Waals surface area contributed by atoms with E-state index in [1.807, 2.05) is 63.5 Å². The molecular formula is C36H56N6O2S. The number of carbonyl (C=O) groups excluding carboxylic acids is 1. The summed E-state index contributed by atoms with van der Waals surface area (Å²) in [5, 5.41) is 4.48. The van der Waals surface area contributed by atoms with Crippen LogP contribution in [0.4, 0.5) is 17.1 Å². The Morgan fingerprint density at radius 1 is 1.11 bits per heavy atom. The molecule has 0 aromatic heterocycles. The Morgan fingerprint density at radius 3 is 2.24 bits per heavy atom. The van der Waals surface area contributed by atoms with Gasteiger partial charge < -0.3 is 25.4 Å². The van der Waals surface area contributed by atoms with Crippen molar-refractivity contribution in [3.05, 3.63) is 94.9 Å². The van der Waals surface area contributed by atoms with Crippen molar-refractivity contribution in [2.45, 2.75) is 66.7 Å².